The van der Waals surface area contributed by atoms with Crippen molar-refractivity contribution in [1.82, 2.24) is 0 Å². The number of hydrogen-bond donors (Lipinski definition) is 0. The fraction of sp³-hybridized carbons (Fsp3) is 0.143. The Morgan fingerprint density at radius 2 is 1.91 bits per heavy atom. The van der Waals surface area contributed by atoms with E-state index < -0.39 is 0 Å². The second kappa shape index (κ2) is 4.01. The molecule has 0 fully saturated rings. The van der Waals surface area contributed by atoms with E-state index in [0.29, 0.717) is 10.9 Å². The Morgan fingerprint density at radius 3 is 2.36 bits per heavy atom. The largest absolute Gasteiger partial charge is 0.207 e. The van der Waals surface area contributed by atoms with E-state index in [1.165, 1.54) is 6.07 Å². The molecule has 0 N–H and O–H groups in total. The highest BCUT2D eigenvalue weighted by molar-refractivity contribution is 9.13. The first-order chi connectivity index (χ1) is 5.16. The molecule has 0 unspecified atom stereocenters. The zero-order valence-corrected chi connectivity index (χ0v) is 10.1. The highest BCUT2D eigenvalue weighted by Crippen LogP contribution is 2.29. The molecule has 0 bridgehead atoms. The average Bonchev–Trinajstić information content (AvgIpc) is 1.99. The van der Waals surface area contributed by atoms with Crippen LogP contribution in [0.3, 0.4) is 0 Å². The maximum absolute atomic E-state index is 12.9. The molecule has 11 heavy (non-hydrogen) atoms. The lowest BCUT2D eigenvalue weighted by atomic mass is 10.2. The summed E-state index contributed by atoms with van der Waals surface area (Å²) in [6.45, 7) is 0. The van der Waals surface area contributed by atoms with E-state index in [0.717, 1.165) is 8.95 Å². The molecule has 4 heteroatoms. The highest BCUT2D eigenvalue weighted by atomic mass is 79.9. The topological polar surface area (TPSA) is 0 Å². The second-order valence-electron chi connectivity index (χ2n) is 1.96. The maximum Gasteiger partial charge on any atom is 0.128 e. The number of hydrogen-bond acceptors (Lipinski definition) is 0. The summed E-state index contributed by atoms with van der Waals surface area (Å²) in [6.07, 6.45) is 0. The van der Waals surface area contributed by atoms with Crippen molar-refractivity contribution in [2.45, 2.75) is 5.33 Å². The minimum Gasteiger partial charge on any atom is -0.207 e. The van der Waals surface area contributed by atoms with Gasteiger partial charge < -0.3 is 0 Å². The lowest BCUT2D eigenvalue weighted by Crippen LogP contribution is -1.87. The summed E-state index contributed by atoms with van der Waals surface area (Å²) in [5.74, 6) is -0.197. The van der Waals surface area contributed by atoms with Crippen LogP contribution >= 0.6 is 47.8 Å². The molecular formula is C7H4Br3F. The number of halogens is 4. The van der Waals surface area contributed by atoms with Crippen LogP contribution in [0, 0.1) is 5.82 Å². The quantitative estimate of drug-likeness (QED) is 0.527. The van der Waals surface area contributed by atoms with Crippen molar-refractivity contribution in [1.29, 1.82) is 0 Å². The average molecular weight is 347 g/mol. The molecule has 1 aromatic carbocycles. The molecule has 0 radical (unpaired) electrons. The van der Waals surface area contributed by atoms with E-state index in [2.05, 4.69) is 47.8 Å². The third kappa shape index (κ3) is 2.04. The van der Waals surface area contributed by atoms with E-state index in [1.807, 2.05) is 0 Å². The summed E-state index contributed by atoms with van der Waals surface area (Å²) >= 11 is 9.76. The van der Waals surface area contributed by atoms with Gasteiger partial charge in [-0.05, 0) is 44.0 Å². The lowest BCUT2D eigenvalue weighted by molar-refractivity contribution is 0.616. The van der Waals surface area contributed by atoms with Gasteiger partial charge in [-0.1, -0.05) is 15.9 Å². The van der Waals surface area contributed by atoms with Gasteiger partial charge in [0.05, 0.1) is 0 Å². The summed E-state index contributed by atoms with van der Waals surface area (Å²) in [6, 6.07) is 3.11. The molecular weight excluding hydrogens is 343 g/mol. The van der Waals surface area contributed by atoms with Gasteiger partial charge in [-0.3, -0.25) is 0 Å². The van der Waals surface area contributed by atoms with Crippen molar-refractivity contribution in [2.75, 3.05) is 0 Å². The minimum absolute atomic E-state index is 0.197. The van der Waals surface area contributed by atoms with Crippen LogP contribution in [-0.4, -0.2) is 0 Å². The Bertz CT molecular complexity index is 273. The van der Waals surface area contributed by atoms with Gasteiger partial charge in [0, 0.05) is 19.8 Å². The van der Waals surface area contributed by atoms with Crippen LogP contribution in [0.2, 0.25) is 0 Å². The monoisotopic (exact) mass is 344 g/mol. The minimum atomic E-state index is -0.197. The molecule has 0 amide bonds. The molecule has 0 nitrogen and oxygen atoms in total. The molecule has 0 saturated heterocycles. The molecule has 0 aromatic heterocycles. The normalized spacial score (nSPS) is 10.2. The number of rotatable bonds is 1. The molecule has 0 aliphatic heterocycles. The number of benzene rings is 1. The molecule has 0 aliphatic rings. The van der Waals surface area contributed by atoms with Gasteiger partial charge in [0.25, 0.3) is 0 Å². The first-order valence-corrected chi connectivity index (χ1v) is 5.56. The Balaban J connectivity index is 3.29. The molecule has 0 aliphatic carbocycles. The zero-order chi connectivity index (χ0) is 8.43. The zero-order valence-electron chi connectivity index (χ0n) is 5.37. The molecule has 0 saturated carbocycles. The van der Waals surface area contributed by atoms with Gasteiger partial charge in [0.15, 0.2) is 0 Å². The molecule has 0 atom stereocenters. The Kier molecular flexibility index (Phi) is 3.52. The molecule has 60 valence electrons. The van der Waals surface area contributed by atoms with Crippen LogP contribution in [0.1, 0.15) is 5.56 Å². The van der Waals surface area contributed by atoms with Crippen LogP contribution in [0.4, 0.5) is 4.39 Å². The summed E-state index contributed by atoms with van der Waals surface area (Å²) in [5, 5.41) is 0.513. The maximum atomic E-state index is 12.9. The van der Waals surface area contributed by atoms with Crippen LogP contribution in [0.5, 0.6) is 0 Å². The predicted molar refractivity (Wildman–Crippen MR) is 54.4 cm³/mol. The fourth-order valence-corrected chi connectivity index (χ4v) is 2.45. The van der Waals surface area contributed by atoms with Gasteiger partial charge in [-0.25, -0.2) is 4.39 Å². The van der Waals surface area contributed by atoms with E-state index in [4.69, 9.17) is 0 Å². The van der Waals surface area contributed by atoms with Crippen molar-refractivity contribution in [3.63, 3.8) is 0 Å². The molecule has 1 rings (SSSR count). The Morgan fingerprint density at radius 1 is 1.27 bits per heavy atom. The van der Waals surface area contributed by atoms with Crippen molar-refractivity contribution in [3.8, 4) is 0 Å². The van der Waals surface area contributed by atoms with Crippen LogP contribution in [0.25, 0.3) is 0 Å². The first-order valence-electron chi connectivity index (χ1n) is 2.85. The van der Waals surface area contributed by atoms with Crippen LogP contribution < -0.4 is 0 Å². The summed E-state index contributed by atoms with van der Waals surface area (Å²) in [5.41, 5.74) is 0.638. The number of alkyl halides is 1. The highest BCUT2D eigenvalue weighted by Gasteiger charge is 2.07. The second-order valence-corrected chi connectivity index (χ2v) is 4.16. The van der Waals surface area contributed by atoms with Gasteiger partial charge in [0.1, 0.15) is 5.82 Å². The van der Waals surface area contributed by atoms with E-state index >= 15 is 0 Å². The smallest absolute Gasteiger partial charge is 0.128 e. The Labute approximate surface area is 89.6 Å². The summed E-state index contributed by atoms with van der Waals surface area (Å²) in [4.78, 5) is 0. The molecule has 0 heterocycles. The van der Waals surface area contributed by atoms with E-state index in [1.54, 1.807) is 6.07 Å². The Hall–Kier alpha value is 0.590. The standard InChI is InChI=1S/C7H4Br3F/c8-3-4-6(11)2-1-5(9)7(4)10/h1-2H,3H2. The van der Waals surface area contributed by atoms with Gasteiger partial charge >= 0.3 is 0 Å². The van der Waals surface area contributed by atoms with E-state index in [9.17, 15) is 4.39 Å². The van der Waals surface area contributed by atoms with Crippen LogP contribution in [0.15, 0.2) is 21.1 Å². The SMILES string of the molecule is Fc1ccc(Br)c(Br)c1CBr. The van der Waals surface area contributed by atoms with Gasteiger partial charge in [-0.2, -0.15) is 0 Å². The van der Waals surface area contributed by atoms with Crippen molar-refractivity contribution < 1.29 is 4.39 Å². The summed E-state index contributed by atoms with van der Waals surface area (Å²) < 4.78 is 14.6. The summed E-state index contributed by atoms with van der Waals surface area (Å²) in [7, 11) is 0. The molecule has 1 aromatic rings. The fourth-order valence-electron chi connectivity index (χ4n) is 0.692. The molecule has 0 spiro atoms. The lowest BCUT2D eigenvalue weighted by Gasteiger charge is -2.03. The van der Waals surface area contributed by atoms with Crippen molar-refractivity contribution in [2.24, 2.45) is 0 Å². The van der Waals surface area contributed by atoms with Crippen molar-refractivity contribution in [3.05, 3.63) is 32.5 Å². The third-order valence-electron chi connectivity index (χ3n) is 1.27. The van der Waals surface area contributed by atoms with Gasteiger partial charge in [0.2, 0.25) is 0 Å². The predicted octanol–water partition coefficient (Wildman–Crippen LogP) is 4.25. The third-order valence-corrected chi connectivity index (χ3v) is 3.93. The van der Waals surface area contributed by atoms with Crippen molar-refractivity contribution >= 4 is 47.8 Å². The first kappa shape index (κ1) is 9.68. The van der Waals surface area contributed by atoms with Gasteiger partial charge in [-0.15, -0.1) is 0 Å². The van der Waals surface area contributed by atoms with E-state index in [-0.39, 0.29) is 5.82 Å². The van der Waals surface area contributed by atoms with Crippen LogP contribution in [-0.2, 0) is 5.33 Å².